The van der Waals surface area contributed by atoms with Crippen LogP contribution in [0.2, 0.25) is 0 Å². The van der Waals surface area contributed by atoms with Gasteiger partial charge in [-0.2, -0.15) is 0 Å². The lowest BCUT2D eigenvalue weighted by molar-refractivity contribution is -0.128. The van der Waals surface area contributed by atoms with Crippen molar-refractivity contribution in [2.45, 2.75) is 13.0 Å². The number of rotatable bonds is 1. The van der Waals surface area contributed by atoms with E-state index in [1.165, 1.54) is 6.92 Å². The van der Waals surface area contributed by atoms with Crippen LogP contribution in [0.1, 0.15) is 6.92 Å². The second kappa shape index (κ2) is 4.83. The Morgan fingerprint density at radius 2 is 2.25 bits per heavy atom. The van der Waals surface area contributed by atoms with Crippen LogP contribution in [0.4, 0.5) is 0 Å². The monoisotopic (exact) mass is 140 g/mol. The van der Waals surface area contributed by atoms with Crippen LogP contribution in [0.15, 0.2) is 0 Å². The van der Waals surface area contributed by atoms with Crippen LogP contribution in [-0.4, -0.2) is 17.1 Å². The minimum atomic E-state index is -1.01. The van der Waals surface area contributed by atoms with E-state index in [0.29, 0.717) is 0 Å². The molecule has 0 fully saturated rings. The van der Waals surface area contributed by atoms with Gasteiger partial charge in [0.15, 0.2) is 0 Å². The summed E-state index contributed by atoms with van der Waals surface area (Å²) in [6.07, 6.45) is -1.01. The van der Waals surface area contributed by atoms with Crippen molar-refractivity contribution in [1.82, 2.24) is 5.43 Å². The molecule has 8 heavy (non-hydrogen) atoms. The number of nitrogens with two attached hydrogens (primary N) is 1. The number of aliphatic hydroxyl groups excluding tert-OH is 1. The smallest absolute Gasteiger partial charge is 0.262 e. The Labute approximate surface area is 53.4 Å². The molecule has 0 aromatic carbocycles. The molecule has 5 heteroatoms. The number of hydrogen-bond donors (Lipinski definition) is 3. The third kappa shape index (κ3) is 3.86. The van der Waals surface area contributed by atoms with Gasteiger partial charge in [-0.1, -0.05) is 0 Å². The maximum Gasteiger partial charge on any atom is 0.262 e. The highest BCUT2D eigenvalue weighted by Gasteiger charge is 2.03. The van der Waals surface area contributed by atoms with Crippen LogP contribution >= 0.6 is 12.4 Å². The average Bonchev–Trinajstić information content (AvgIpc) is 1.65. The van der Waals surface area contributed by atoms with Crippen molar-refractivity contribution < 1.29 is 9.90 Å². The van der Waals surface area contributed by atoms with E-state index >= 15 is 0 Å². The van der Waals surface area contributed by atoms with Crippen molar-refractivity contribution in [2.24, 2.45) is 5.84 Å². The Morgan fingerprint density at radius 1 is 1.88 bits per heavy atom. The van der Waals surface area contributed by atoms with Gasteiger partial charge in [-0.3, -0.25) is 10.2 Å². The minimum absolute atomic E-state index is 0. The molecule has 4 nitrogen and oxygen atoms in total. The second-order valence-corrected chi connectivity index (χ2v) is 1.18. The summed E-state index contributed by atoms with van der Waals surface area (Å²) in [6.45, 7) is 1.34. The zero-order chi connectivity index (χ0) is 5.86. The zero-order valence-electron chi connectivity index (χ0n) is 4.42. The summed E-state index contributed by atoms with van der Waals surface area (Å²) in [5.41, 5.74) is 1.78. The van der Waals surface area contributed by atoms with Gasteiger partial charge in [0.25, 0.3) is 5.91 Å². The van der Waals surface area contributed by atoms with E-state index in [-0.39, 0.29) is 12.4 Å². The summed E-state index contributed by atoms with van der Waals surface area (Å²) < 4.78 is 0. The van der Waals surface area contributed by atoms with Gasteiger partial charge in [0.05, 0.1) is 0 Å². The molecular formula is C3H9ClN2O2. The molecule has 0 aliphatic rings. The molecule has 0 aromatic rings. The third-order valence-corrected chi connectivity index (χ3v) is 0.522. The first-order valence-electron chi connectivity index (χ1n) is 1.87. The zero-order valence-corrected chi connectivity index (χ0v) is 5.23. The molecule has 0 radical (unpaired) electrons. The number of nitrogens with one attached hydrogen (secondary N) is 1. The molecule has 0 spiro atoms. The van der Waals surface area contributed by atoms with Crippen molar-refractivity contribution in [3.8, 4) is 0 Å². The van der Waals surface area contributed by atoms with Gasteiger partial charge in [-0.25, -0.2) is 5.84 Å². The number of hydrazine groups is 1. The molecule has 1 amide bonds. The van der Waals surface area contributed by atoms with Crippen molar-refractivity contribution >= 4 is 18.3 Å². The Kier molecular flexibility index (Phi) is 6.41. The Balaban J connectivity index is 0. The normalized spacial score (nSPS) is 11.4. The van der Waals surface area contributed by atoms with Gasteiger partial charge < -0.3 is 5.11 Å². The lowest BCUT2D eigenvalue weighted by Gasteiger charge is -1.97. The molecule has 0 saturated heterocycles. The van der Waals surface area contributed by atoms with Gasteiger partial charge in [-0.15, -0.1) is 12.4 Å². The Bertz CT molecular complexity index is 75.7. The number of carbonyl (C=O) groups excluding carboxylic acids is 1. The standard InChI is InChI=1S/C3H8N2O2.ClH/c1-2(6)3(7)5-4;/h2,6H,4H2,1H3,(H,5,7);1H. The number of halogens is 1. The second-order valence-electron chi connectivity index (χ2n) is 1.18. The fraction of sp³-hybridized carbons (Fsp3) is 0.667. The van der Waals surface area contributed by atoms with E-state index in [4.69, 9.17) is 5.11 Å². The first-order valence-corrected chi connectivity index (χ1v) is 1.87. The average molecular weight is 141 g/mol. The summed E-state index contributed by atoms with van der Waals surface area (Å²) >= 11 is 0. The molecule has 0 heterocycles. The molecule has 0 aliphatic carbocycles. The van der Waals surface area contributed by atoms with Gasteiger partial charge in [0, 0.05) is 0 Å². The van der Waals surface area contributed by atoms with E-state index in [0.717, 1.165) is 0 Å². The quantitative estimate of drug-likeness (QED) is 0.243. The maximum atomic E-state index is 10.0. The van der Waals surface area contributed by atoms with Crippen LogP contribution in [0.25, 0.3) is 0 Å². The summed E-state index contributed by atoms with van der Waals surface area (Å²) in [7, 11) is 0. The number of hydrogen-bond acceptors (Lipinski definition) is 3. The number of carbonyl (C=O) groups is 1. The molecule has 0 saturated carbocycles. The highest BCUT2D eigenvalue weighted by atomic mass is 35.5. The summed E-state index contributed by atoms with van der Waals surface area (Å²) in [6, 6.07) is 0. The fourth-order valence-electron chi connectivity index (χ4n) is 0.121. The maximum absolute atomic E-state index is 10.0. The number of aliphatic hydroxyl groups is 1. The number of amides is 1. The summed E-state index contributed by atoms with van der Waals surface area (Å²) in [5, 5.41) is 8.33. The first-order chi connectivity index (χ1) is 3.18. The van der Waals surface area contributed by atoms with E-state index in [2.05, 4.69) is 5.84 Å². The van der Waals surface area contributed by atoms with Gasteiger partial charge in [0.2, 0.25) is 0 Å². The van der Waals surface area contributed by atoms with E-state index in [1.54, 1.807) is 5.43 Å². The molecule has 1 atom stereocenters. The predicted molar refractivity (Wildman–Crippen MR) is 31.3 cm³/mol. The van der Waals surface area contributed by atoms with Crippen LogP contribution < -0.4 is 11.3 Å². The Hall–Kier alpha value is -0.320. The van der Waals surface area contributed by atoms with E-state index in [9.17, 15) is 4.79 Å². The fourth-order valence-corrected chi connectivity index (χ4v) is 0.121. The van der Waals surface area contributed by atoms with Crippen LogP contribution in [0.3, 0.4) is 0 Å². The van der Waals surface area contributed by atoms with Crippen molar-refractivity contribution in [3.05, 3.63) is 0 Å². The highest BCUT2D eigenvalue weighted by molar-refractivity contribution is 5.85. The lowest BCUT2D eigenvalue weighted by Crippen LogP contribution is -2.37. The minimum Gasteiger partial charge on any atom is -0.384 e. The summed E-state index contributed by atoms with van der Waals surface area (Å²) in [5.74, 6) is 4.04. The van der Waals surface area contributed by atoms with Crippen LogP contribution in [-0.2, 0) is 4.79 Å². The van der Waals surface area contributed by atoms with Crippen molar-refractivity contribution in [1.29, 1.82) is 0 Å². The molecule has 0 aliphatic heterocycles. The molecule has 4 N–H and O–H groups in total. The van der Waals surface area contributed by atoms with Crippen LogP contribution in [0.5, 0.6) is 0 Å². The predicted octanol–water partition coefficient (Wildman–Crippen LogP) is -1.22. The molecule has 0 aromatic heterocycles. The molecular weight excluding hydrogens is 131 g/mol. The molecule has 50 valence electrons. The van der Waals surface area contributed by atoms with Crippen LogP contribution in [0, 0.1) is 0 Å². The lowest BCUT2D eigenvalue weighted by atomic mass is 10.4. The largest absolute Gasteiger partial charge is 0.384 e. The highest BCUT2D eigenvalue weighted by Crippen LogP contribution is 1.73. The molecule has 0 bridgehead atoms. The van der Waals surface area contributed by atoms with Crippen molar-refractivity contribution in [2.75, 3.05) is 0 Å². The van der Waals surface area contributed by atoms with Gasteiger partial charge in [-0.05, 0) is 6.92 Å². The van der Waals surface area contributed by atoms with E-state index < -0.39 is 12.0 Å². The first kappa shape index (κ1) is 10.6. The SMILES string of the molecule is CC(O)C(=O)NN.Cl. The third-order valence-electron chi connectivity index (χ3n) is 0.522. The molecule has 1 unspecified atom stereocenters. The van der Waals surface area contributed by atoms with E-state index in [1.807, 2.05) is 0 Å². The summed E-state index contributed by atoms with van der Waals surface area (Å²) in [4.78, 5) is 10.0. The topological polar surface area (TPSA) is 75.3 Å². The Morgan fingerprint density at radius 3 is 2.25 bits per heavy atom. The van der Waals surface area contributed by atoms with Gasteiger partial charge in [0.1, 0.15) is 6.10 Å². The van der Waals surface area contributed by atoms with Gasteiger partial charge >= 0.3 is 0 Å². The molecule has 0 rings (SSSR count). The van der Waals surface area contributed by atoms with Crippen molar-refractivity contribution in [3.63, 3.8) is 0 Å².